The zero-order valence-electron chi connectivity index (χ0n) is 21.4. The van der Waals surface area contributed by atoms with E-state index < -0.39 is 6.04 Å². The van der Waals surface area contributed by atoms with Crippen molar-refractivity contribution in [3.63, 3.8) is 0 Å². The zero-order valence-corrected chi connectivity index (χ0v) is 21.4. The van der Waals surface area contributed by atoms with Crippen molar-refractivity contribution in [1.29, 1.82) is 0 Å². The van der Waals surface area contributed by atoms with E-state index in [1.165, 1.54) is 0 Å². The standard InChI is InChI=1S/C30H36N2O3/c1-6-31-30(34)27(18-25-12-8-7-9-13-25)32(19-26-14-10-11-21(2)16-26)29(33)20-35-28-17-22(3)15-23(4)24(28)5/h7-17,27H,6,18-20H2,1-5H3,(H,31,34). The summed E-state index contributed by atoms with van der Waals surface area (Å²) in [5, 5.41) is 2.92. The van der Waals surface area contributed by atoms with E-state index in [-0.39, 0.29) is 18.4 Å². The Morgan fingerprint density at radius 1 is 0.886 bits per heavy atom. The van der Waals surface area contributed by atoms with Crippen LogP contribution < -0.4 is 10.1 Å². The lowest BCUT2D eigenvalue weighted by Gasteiger charge is -2.31. The van der Waals surface area contributed by atoms with Gasteiger partial charge in [0.1, 0.15) is 11.8 Å². The summed E-state index contributed by atoms with van der Waals surface area (Å²) < 4.78 is 6.02. The van der Waals surface area contributed by atoms with Crippen LogP contribution in [-0.2, 0) is 22.6 Å². The molecule has 1 unspecified atom stereocenters. The monoisotopic (exact) mass is 472 g/mol. The fourth-order valence-electron chi connectivity index (χ4n) is 4.23. The first-order valence-electron chi connectivity index (χ1n) is 12.2. The number of amides is 2. The Kier molecular flexibility index (Phi) is 9.07. The fraction of sp³-hybridized carbons (Fsp3) is 0.333. The number of ether oxygens (including phenoxy) is 1. The van der Waals surface area contributed by atoms with Crippen LogP contribution in [0.4, 0.5) is 0 Å². The maximum Gasteiger partial charge on any atom is 0.261 e. The van der Waals surface area contributed by atoms with Gasteiger partial charge in [0.2, 0.25) is 5.91 Å². The molecule has 0 aliphatic heterocycles. The maximum absolute atomic E-state index is 13.6. The molecule has 3 aromatic rings. The highest BCUT2D eigenvalue weighted by Gasteiger charge is 2.30. The molecule has 0 spiro atoms. The Morgan fingerprint density at radius 2 is 1.60 bits per heavy atom. The molecule has 0 aliphatic carbocycles. The van der Waals surface area contributed by atoms with E-state index in [4.69, 9.17) is 4.74 Å². The second kappa shape index (κ2) is 12.2. The van der Waals surface area contributed by atoms with Gasteiger partial charge in [0.25, 0.3) is 5.91 Å². The third-order valence-electron chi connectivity index (χ3n) is 6.17. The first kappa shape index (κ1) is 26.0. The van der Waals surface area contributed by atoms with Gasteiger partial charge in [-0.05, 0) is 68.5 Å². The summed E-state index contributed by atoms with van der Waals surface area (Å²) in [6.07, 6.45) is 0.423. The molecule has 0 heterocycles. The average molecular weight is 473 g/mol. The lowest BCUT2D eigenvalue weighted by molar-refractivity contribution is -0.142. The van der Waals surface area contributed by atoms with Crippen molar-refractivity contribution in [2.24, 2.45) is 0 Å². The Morgan fingerprint density at radius 3 is 2.29 bits per heavy atom. The van der Waals surface area contributed by atoms with Crippen LogP contribution in [-0.4, -0.2) is 35.9 Å². The third-order valence-corrected chi connectivity index (χ3v) is 6.17. The summed E-state index contributed by atoms with van der Waals surface area (Å²) in [4.78, 5) is 28.5. The molecule has 5 heteroatoms. The number of nitrogens with zero attached hydrogens (tertiary/aromatic N) is 1. The number of hydrogen-bond acceptors (Lipinski definition) is 3. The number of likely N-dealkylation sites (N-methyl/N-ethyl adjacent to an activating group) is 1. The number of benzene rings is 3. The average Bonchev–Trinajstić information content (AvgIpc) is 2.83. The van der Waals surface area contributed by atoms with E-state index >= 15 is 0 Å². The number of hydrogen-bond donors (Lipinski definition) is 1. The lowest BCUT2D eigenvalue weighted by Crippen LogP contribution is -2.51. The molecule has 184 valence electrons. The van der Waals surface area contributed by atoms with Gasteiger partial charge < -0.3 is 15.0 Å². The molecule has 1 N–H and O–H groups in total. The Hall–Kier alpha value is -3.60. The largest absolute Gasteiger partial charge is 0.483 e. The second-order valence-electron chi connectivity index (χ2n) is 9.10. The van der Waals surface area contributed by atoms with Gasteiger partial charge in [0.15, 0.2) is 6.61 Å². The first-order chi connectivity index (χ1) is 16.8. The quantitative estimate of drug-likeness (QED) is 0.448. The Balaban J connectivity index is 1.92. The molecule has 2 amide bonds. The molecule has 0 saturated carbocycles. The second-order valence-corrected chi connectivity index (χ2v) is 9.10. The SMILES string of the molecule is CCNC(=O)C(Cc1ccccc1)N(Cc1cccc(C)c1)C(=O)COc1cc(C)cc(C)c1C. The highest BCUT2D eigenvalue weighted by Crippen LogP contribution is 2.24. The number of nitrogens with one attached hydrogen (secondary N) is 1. The van der Waals surface area contributed by atoms with Gasteiger partial charge in [0, 0.05) is 19.5 Å². The molecule has 0 saturated heterocycles. The van der Waals surface area contributed by atoms with Crippen LogP contribution in [0.2, 0.25) is 0 Å². The molecule has 1 atom stereocenters. The van der Waals surface area contributed by atoms with Gasteiger partial charge >= 0.3 is 0 Å². The van der Waals surface area contributed by atoms with Crippen LogP contribution in [0.3, 0.4) is 0 Å². The topological polar surface area (TPSA) is 58.6 Å². The molecule has 5 nitrogen and oxygen atoms in total. The number of rotatable bonds is 10. The zero-order chi connectivity index (χ0) is 25.4. The molecular formula is C30H36N2O3. The third kappa shape index (κ3) is 7.19. The van der Waals surface area contributed by atoms with Crippen LogP contribution in [0.1, 0.15) is 40.3 Å². The summed E-state index contributed by atoms with van der Waals surface area (Å²) in [6.45, 7) is 10.6. The summed E-state index contributed by atoms with van der Waals surface area (Å²) in [5.41, 5.74) is 6.29. The van der Waals surface area contributed by atoms with E-state index in [9.17, 15) is 9.59 Å². The predicted molar refractivity (Wildman–Crippen MR) is 140 cm³/mol. The van der Waals surface area contributed by atoms with E-state index in [0.717, 1.165) is 33.4 Å². The highest BCUT2D eigenvalue weighted by atomic mass is 16.5. The minimum absolute atomic E-state index is 0.139. The highest BCUT2D eigenvalue weighted by molar-refractivity contribution is 5.88. The molecule has 35 heavy (non-hydrogen) atoms. The van der Waals surface area contributed by atoms with Crippen molar-refractivity contribution < 1.29 is 14.3 Å². The van der Waals surface area contributed by atoms with Crippen molar-refractivity contribution >= 4 is 11.8 Å². The van der Waals surface area contributed by atoms with Crippen molar-refractivity contribution in [2.45, 2.75) is 53.6 Å². The first-order valence-corrected chi connectivity index (χ1v) is 12.2. The molecule has 3 rings (SSSR count). The molecule has 0 radical (unpaired) electrons. The molecule has 0 aromatic heterocycles. The molecule has 3 aromatic carbocycles. The van der Waals surface area contributed by atoms with Gasteiger partial charge in [-0.2, -0.15) is 0 Å². The van der Waals surface area contributed by atoms with Crippen LogP contribution in [0.15, 0.2) is 66.7 Å². The predicted octanol–water partition coefficient (Wildman–Crippen LogP) is 5.08. The fourth-order valence-corrected chi connectivity index (χ4v) is 4.23. The van der Waals surface area contributed by atoms with Crippen molar-refractivity contribution in [2.75, 3.05) is 13.2 Å². The minimum atomic E-state index is -0.658. The van der Waals surface area contributed by atoms with Gasteiger partial charge in [-0.3, -0.25) is 9.59 Å². The summed E-state index contributed by atoms with van der Waals surface area (Å²) >= 11 is 0. The van der Waals surface area contributed by atoms with Gasteiger partial charge in [-0.1, -0.05) is 66.2 Å². The van der Waals surface area contributed by atoms with Gasteiger partial charge in [-0.25, -0.2) is 0 Å². The van der Waals surface area contributed by atoms with Crippen molar-refractivity contribution in [3.8, 4) is 5.75 Å². The van der Waals surface area contributed by atoms with Crippen molar-refractivity contribution in [1.82, 2.24) is 10.2 Å². The Labute approximate surface area is 209 Å². The van der Waals surface area contributed by atoms with Crippen LogP contribution in [0, 0.1) is 27.7 Å². The normalized spacial score (nSPS) is 11.6. The molecular weight excluding hydrogens is 436 g/mol. The van der Waals surface area contributed by atoms with Crippen LogP contribution >= 0.6 is 0 Å². The summed E-state index contributed by atoms with van der Waals surface area (Å²) in [6, 6.07) is 21.2. The number of aryl methyl sites for hydroxylation is 3. The van der Waals surface area contributed by atoms with Crippen LogP contribution in [0.5, 0.6) is 5.75 Å². The lowest BCUT2D eigenvalue weighted by atomic mass is 10.0. The maximum atomic E-state index is 13.6. The van der Waals surface area contributed by atoms with Crippen LogP contribution in [0.25, 0.3) is 0 Å². The number of carbonyl (C=O) groups excluding carboxylic acids is 2. The van der Waals surface area contributed by atoms with E-state index in [1.807, 2.05) is 95.3 Å². The number of carbonyl (C=O) groups is 2. The molecule has 0 bridgehead atoms. The van der Waals surface area contributed by atoms with Gasteiger partial charge in [0.05, 0.1) is 0 Å². The summed E-state index contributed by atoms with van der Waals surface area (Å²) in [5.74, 6) is 0.307. The smallest absolute Gasteiger partial charge is 0.261 e. The molecule has 0 aliphatic rings. The van der Waals surface area contributed by atoms with E-state index in [1.54, 1.807) is 4.90 Å². The van der Waals surface area contributed by atoms with E-state index in [2.05, 4.69) is 11.4 Å². The minimum Gasteiger partial charge on any atom is -0.483 e. The van der Waals surface area contributed by atoms with E-state index in [0.29, 0.717) is 25.3 Å². The summed E-state index contributed by atoms with van der Waals surface area (Å²) in [7, 11) is 0. The van der Waals surface area contributed by atoms with Gasteiger partial charge in [-0.15, -0.1) is 0 Å². The molecule has 0 fully saturated rings. The Bertz CT molecular complexity index is 1160. The van der Waals surface area contributed by atoms with Crippen molar-refractivity contribution in [3.05, 3.63) is 100 Å².